The summed E-state index contributed by atoms with van der Waals surface area (Å²) in [5, 5.41) is 10.7. The smallest absolute Gasteiger partial charge is 0.413 e. The second kappa shape index (κ2) is 15.0. The van der Waals surface area contributed by atoms with E-state index in [1.165, 1.54) is 42.8 Å². The summed E-state index contributed by atoms with van der Waals surface area (Å²) in [5.41, 5.74) is 0.299. The van der Waals surface area contributed by atoms with Gasteiger partial charge < -0.3 is 14.7 Å². The first-order valence-electron chi connectivity index (χ1n) is 15.4. The second-order valence-corrected chi connectivity index (χ2v) is 14.3. The van der Waals surface area contributed by atoms with Gasteiger partial charge >= 0.3 is 6.09 Å². The highest BCUT2D eigenvalue weighted by Crippen LogP contribution is 2.44. The maximum absolute atomic E-state index is 16.7. The monoisotopic (exact) mass is 703 g/mol. The molecule has 0 saturated carbocycles. The Bertz CT molecular complexity index is 1880. The molecule has 2 aromatic carbocycles. The number of rotatable bonds is 12. The summed E-state index contributed by atoms with van der Waals surface area (Å²) in [6.07, 6.45) is 3.39. The Morgan fingerprint density at radius 3 is 2.56 bits per heavy atom. The number of aromatic nitrogens is 2. The van der Waals surface area contributed by atoms with Crippen LogP contribution in [-0.2, 0) is 14.8 Å². The number of methoxy groups -OCH3 is 1. The molecule has 1 amide bonds. The fraction of sp³-hybridized carbons (Fsp3) is 0.364. The standard InChI is InChI=1S/C33H36F3N5O5S2/c1-4-5-15-40(33(42)43)28-18-22(11-14-37-28)31-30(38-32(47-31)21-12-16-39(2)17-13-21)24-7-6-8-26(29(24)36)41(20-46-3)48(44,45)27-19-23(34)9-10-25(27)35/h6-11,14,18-19,21H,4-5,12-13,15-17,20H2,1-3H3,(H,42,43). The van der Waals surface area contributed by atoms with E-state index in [-0.39, 0.29) is 29.5 Å². The zero-order chi connectivity index (χ0) is 34.6. The van der Waals surface area contributed by atoms with E-state index in [0.29, 0.717) is 33.3 Å². The molecule has 1 saturated heterocycles. The van der Waals surface area contributed by atoms with E-state index in [0.717, 1.165) is 48.3 Å². The number of hydrogen-bond donors (Lipinski definition) is 1. The number of nitrogens with zero attached hydrogens (tertiary/aromatic N) is 5. The van der Waals surface area contributed by atoms with Crippen molar-refractivity contribution in [1.29, 1.82) is 0 Å². The van der Waals surface area contributed by atoms with Gasteiger partial charge in [-0.05, 0) is 87.4 Å². The quantitative estimate of drug-likeness (QED) is 0.154. The van der Waals surface area contributed by atoms with Gasteiger partial charge in [0.25, 0.3) is 10.0 Å². The van der Waals surface area contributed by atoms with Gasteiger partial charge in [-0.1, -0.05) is 19.4 Å². The van der Waals surface area contributed by atoms with Crippen molar-refractivity contribution in [3.63, 3.8) is 0 Å². The number of benzene rings is 2. The van der Waals surface area contributed by atoms with Crippen molar-refractivity contribution in [3.8, 4) is 21.7 Å². The highest BCUT2D eigenvalue weighted by Gasteiger charge is 2.33. The number of carbonyl (C=O) groups is 1. The van der Waals surface area contributed by atoms with E-state index in [4.69, 9.17) is 9.72 Å². The lowest BCUT2D eigenvalue weighted by molar-refractivity contribution is 0.201. The Morgan fingerprint density at radius 1 is 1.12 bits per heavy atom. The first-order valence-corrected chi connectivity index (χ1v) is 17.6. The molecule has 3 heterocycles. The molecule has 48 heavy (non-hydrogen) atoms. The van der Waals surface area contributed by atoms with E-state index in [2.05, 4.69) is 9.88 Å². The van der Waals surface area contributed by atoms with Crippen LogP contribution in [0.5, 0.6) is 0 Å². The average Bonchev–Trinajstić information content (AvgIpc) is 3.51. The minimum atomic E-state index is -4.84. The van der Waals surface area contributed by atoms with Crippen LogP contribution in [0.15, 0.2) is 59.6 Å². The normalized spacial score (nSPS) is 14.3. The van der Waals surface area contributed by atoms with Crippen molar-refractivity contribution in [2.45, 2.75) is 43.4 Å². The van der Waals surface area contributed by atoms with Crippen LogP contribution in [0.2, 0.25) is 0 Å². The number of amides is 1. The molecule has 2 aromatic heterocycles. The topological polar surface area (TPSA) is 116 Å². The van der Waals surface area contributed by atoms with E-state index in [1.807, 2.05) is 14.0 Å². The summed E-state index contributed by atoms with van der Waals surface area (Å²) in [7, 11) is -1.61. The molecule has 0 spiro atoms. The zero-order valence-corrected chi connectivity index (χ0v) is 28.3. The predicted octanol–water partition coefficient (Wildman–Crippen LogP) is 7.18. The summed E-state index contributed by atoms with van der Waals surface area (Å²) in [4.78, 5) is 24.3. The fourth-order valence-corrected chi connectivity index (χ4v) is 8.25. The molecule has 0 radical (unpaired) electrons. The number of thiazole rings is 1. The molecule has 0 bridgehead atoms. The molecule has 1 aliphatic rings. The highest BCUT2D eigenvalue weighted by molar-refractivity contribution is 7.92. The van der Waals surface area contributed by atoms with Crippen LogP contribution in [0.1, 0.15) is 43.5 Å². The summed E-state index contributed by atoms with van der Waals surface area (Å²) in [5.74, 6) is -2.87. The molecular weight excluding hydrogens is 668 g/mol. The van der Waals surface area contributed by atoms with Crippen LogP contribution in [0.3, 0.4) is 0 Å². The predicted molar refractivity (Wildman–Crippen MR) is 178 cm³/mol. The molecule has 0 aliphatic carbocycles. The number of hydrogen-bond acceptors (Lipinski definition) is 8. The number of ether oxygens (including phenoxy) is 1. The molecule has 1 aliphatic heterocycles. The Balaban J connectivity index is 1.66. The van der Waals surface area contributed by atoms with Gasteiger partial charge in [0.15, 0.2) is 5.82 Å². The number of anilines is 2. The molecular formula is C33H36F3N5O5S2. The zero-order valence-electron chi connectivity index (χ0n) is 26.7. The molecule has 1 fully saturated rings. The highest BCUT2D eigenvalue weighted by atomic mass is 32.2. The molecule has 10 nitrogen and oxygen atoms in total. The Hall–Kier alpha value is -4.05. The van der Waals surface area contributed by atoms with E-state index in [9.17, 15) is 27.1 Å². The molecule has 256 valence electrons. The number of pyridine rings is 1. The summed E-state index contributed by atoms with van der Waals surface area (Å²) >= 11 is 1.36. The van der Waals surface area contributed by atoms with Crippen molar-refractivity contribution >= 4 is 39.0 Å². The van der Waals surface area contributed by atoms with Gasteiger partial charge in [0.05, 0.1) is 21.3 Å². The molecule has 4 aromatic rings. The number of unbranched alkanes of at least 4 members (excludes halogenated alkanes) is 1. The minimum Gasteiger partial charge on any atom is -0.465 e. The van der Waals surface area contributed by atoms with E-state index >= 15 is 4.39 Å². The first-order chi connectivity index (χ1) is 23.0. The van der Waals surface area contributed by atoms with Crippen molar-refractivity contribution in [1.82, 2.24) is 14.9 Å². The third kappa shape index (κ3) is 7.33. The van der Waals surface area contributed by atoms with Gasteiger partial charge in [-0.25, -0.2) is 40.7 Å². The Morgan fingerprint density at radius 2 is 1.88 bits per heavy atom. The van der Waals surface area contributed by atoms with Gasteiger partial charge in [0, 0.05) is 31.3 Å². The molecule has 1 N–H and O–H groups in total. The second-order valence-electron chi connectivity index (χ2n) is 11.5. The summed E-state index contributed by atoms with van der Waals surface area (Å²) in [6.45, 7) is 3.20. The molecule has 5 rings (SSSR count). The van der Waals surface area contributed by atoms with Gasteiger partial charge in [0.1, 0.15) is 29.1 Å². The van der Waals surface area contributed by atoms with Crippen molar-refractivity contribution in [3.05, 3.63) is 77.2 Å². The van der Waals surface area contributed by atoms with Crippen LogP contribution >= 0.6 is 11.3 Å². The maximum Gasteiger partial charge on any atom is 0.413 e. The van der Waals surface area contributed by atoms with Crippen molar-refractivity contribution < 1.29 is 36.2 Å². The lowest BCUT2D eigenvalue weighted by atomic mass is 9.98. The maximum atomic E-state index is 16.7. The van der Waals surface area contributed by atoms with Crippen molar-refractivity contribution in [2.24, 2.45) is 0 Å². The van der Waals surface area contributed by atoms with Crippen LogP contribution in [0.25, 0.3) is 21.7 Å². The third-order valence-electron chi connectivity index (χ3n) is 8.17. The molecule has 15 heteroatoms. The SMILES string of the molecule is CCCCN(C(=O)O)c1cc(-c2sc(C3CCN(C)CC3)nc2-c2cccc(N(COC)S(=O)(=O)c3cc(F)ccc3F)c2F)ccn1. The number of piperidine rings is 1. The number of halogens is 3. The van der Waals surface area contributed by atoms with Crippen LogP contribution in [0.4, 0.5) is 29.5 Å². The Kier molecular flexibility index (Phi) is 11.0. The van der Waals surface area contributed by atoms with Gasteiger partial charge in [-0.15, -0.1) is 11.3 Å². The van der Waals surface area contributed by atoms with Gasteiger partial charge in [-0.2, -0.15) is 0 Å². The van der Waals surface area contributed by atoms with Crippen LogP contribution in [-0.4, -0.2) is 75.0 Å². The number of sulfonamides is 1. The average molecular weight is 704 g/mol. The summed E-state index contributed by atoms with van der Waals surface area (Å²) in [6, 6.07) is 9.42. The fourth-order valence-electron chi connectivity index (χ4n) is 5.55. The largest absolute Gasteiger partial charge is 0.465 e. The van der Waals surface area contributed by atoms with Gasteiger partial charge in [0.2, 0.25) is 0 Å². The Labute approximate surface area is 281 Å². The lowest BCUT2D eigenvalue weighted by Crippen LogP contribution is -2.34. The molecule has 0 atom stereocenters. The lowest BCUT2D eigenvalue weighted by Gasteiger charge is -2.27. The van der Waals surface area contributed by atoms with Crippen LogP contribution in [0, 0.1) is 17.5 Å². The van der Waals surface area contributed by atoms with Crippen molar-refractivity contribution in [2.75, 3.05) is 49.7 Å². The third-order valence-corrected chi connectivity index (χ3v) is 11.2. The van der Waals surface area contributed by atoms with E-state index < -0.39 is 50.9 Å². The summed E-state index contributed by atoms with van der Waals surface area (Å²) < 4.78 is 78.4. The molecule has 0 unspecified atom stereocenters. The minimum absolute atomic E-state index is 0.0339. The number of likely N-dealkylation sites (tertiary alicyclic amines) is 1. The van der Waals surface area contributed by atoms with E-state index in [1.54, 1.807) is 12.1 Å². The van der Waals surface area contributed by atoms with Gasteiger partial charge in [-0.3, -0.25) is 4.90 Å². The first kappa shape index (κ1) is 35.3. The number of carboxylic acid groups (broad SMARTS) is 1. The van der Waals surface area contributed by atoms with Crippen LogP contribution < -0.4 is 9.21 Å².